The van der Waals surface area contributed by atoms with E-state index in [0.717, 1.165) is 5.84 Å². The molecule has 0 spiro atoms. The highest BCUT2D eigenvalue weighted by Crippen LogP contribution is 2.16. The van der Waals surface area contributed by atoms with Crippen LogP contribution in [0.4, 0.5) is 0 Å². The molecule has 0 saturated carbocycles. The lowest BCUT2D eigenvalue weighted by molar-refractivity contribution is 0.584. The molecule has 2 heteroatoms. The number of hydrogen-bond donors (Lipinski definition) is 0. The summed E-state index contributed by atoms with van der Waals surface area (Å²) in [5, 5.41) is 0. The van der Waals surface area contributed by atoms with Crippen molar-refractivity contribution in [1.29, 1.82) is 0 Å². The first-order chi connectivity index (χ1) is 5.02. The van der Waals surface area contributed by atoms with Crippen LogP contribution in [0, 0.1) is 5.41 Å². The summed E-state index contributed by atoms with van der Waals surface area (Å²) in [6.45, 7) is 9.78. The Hall–Kier alpha value is -0.920. The van der Waals surface area contributed by atoms with E-state index in [1.54, 1.807) is 19.3 Å². The fourth-order valence-electron chi connectivity index (χ4n) is 0.710. The molecule has 0 amide bonds. The molecule has 0 radical (unpaired) electrons. The van der Waals surface area contributed by atoms with Crippen molar-refractivity contribution < 1.29 is 0 Å². The number of hydrogen-bond acceptors (Lipinski definition) is 1. The van der Waals surface area contributed by atoms with Crippen LogP contribution in [0.1, 0.15) is 20.8 Å². The van der Waals surface area contributed by atoms with Crippen molar-refractivity contribution in [3.05, 3.63) is 12.7 Å². The van der Waals surface area contributed by atoms with Crippen LogP contribution in [0.15, 0.2) is 22.6 Å². The van der Waals surface area contributed by atoms with Crippen molar-refractivity contribution in [2.75, 3.05) is 7.05 Å². The van der Waals surface area contributed by atoms with Crippen LogP contribution in [0.25, 0.3) is 0 Å². The number of rotatable bonds is 1. The van der Waals surface area contributed by atoms with E-state index in [4.69, 9.17) is 0 Å². The van der Waals surface area contributed by atoms with E-state index in [1.165, 1.54) is 0 Å². The summed E-state index contributed by atoms with van der Waals surface area (Å²) < 4.78 is 0. The van der Waals surface area contributed by atoms with Gasteiger partial charge in [0.15, 0.2) is 0 Å². The lowest BCUT2D eigenvalue weighted by Crippen LogP contribution is -2.18. The van der Waals surface area contributed by atoms with Gasteiger partial charge in [0.25, 0.3) is 0 Å². The topological polar surface area (TPSA) is 24.7 Å². The van der Waals surface area contributed by atoms with E-state index < -0.39 is 0 Å². The molecule has 62 valence electrons. The lowest BCUT2D eigenvalue weighted by atomic mass is 9.95. The van der Waals surface area contributed by atoms with Gasteiger partial charge in [0.1, 0.15) is 5.84 Å². The SMILES string of the molecule is C=CC=NC(=NC)C(C)(C)C. The van der Waals surface area contributed by atoms with Gasteiger partial charge in [0, 0.05) is 18.7 Å². The van der Waals surface area contributed by atoms with Gasteiger partial charge in [-0.05, 0) is 0 Å². The average molecular weight is 152 g/mol. The van der Waals surface area contributed by atoms with Crippen molar-refractivity contribution in [3.63, 3.8) is 0 Å². The summed E-state index contributed by atoms with van der Waals surface area (Å²) >= 11 is 0. The Bertz CT molecular complexity index is 182. The predicted molar refractivity (Wildman–Crippen MR) is 51.5 cm³/mol. The molecule has 0 aliphatic rings. The smallest absolute Gasteiger partial charge is 0.128 e. The number of aliphatic imine (C=N–C) groups is 2. The van der Waals surface area contributed by atoms with E-state index in [9.17, 15) is 0 Å². The van der Waals surface area contributed by atoms with E-state index in [0.29, 0.717) is 0 Å². The number of amidine groups is 1. The van der Waals surface area contributed by atoms with Gasteiger partial charge in [0.2, 0.25) is 0 Å². The highest BCUT2D eigenvalue weighted by atomic mass is 14.9. The third-order valence-electron chi connectivity index (χ3n) is 1.18. The maximum atomic E-state index is 4.14. The normalized spacial score (nSPS) is 14.0. The second kappa shape index (κ2) is 4.06. The van der Waals surface area contributed by atoms with Gasteiger partial charge in [-0.1, -0.05) is 33.4 Å². The molecule has 0 aromatic rings. The standard InChI is InChI=1S/C9H16N2/c1-6-7-11-8(10-5)9(2,3)4/h6-7H,1H2,2-5H3. The van der Waals surface area contributed by atoms with Gasteiger partial charge in [0.05, 0.1) is 0 Å². The number of allylic oxidation sites excluding steroid dienone is 1. The van der Waals surface area contributed by atoms with Gasteiger partial charge >= 0.3 is 0 Å². The highest BCUT2D eigenvalue weighted by Gasteiger charge is 2.16. The first-order valence-electron chi connectivity index (χ1n) is 3.64. The minimum atomic E-state index is 0.0221. The van der Waals surface area contributed by atoms with Crippen LogP contribution in [0.5, 0.6) is 0 Å². The molecule has 0 N–H and O–H groups in total. The molecule has 0 aliphatic carbocycles. The number of nitrogens with zero attached hydrogens (tertiary/aromatic N) is 2. The molecule has 0 atom stereocenters. The molecule has 0 aromatic heterocycles. The molecule has 0 unspecified atom stereocenters. The third kappa shape index (κ3) is 3.71. The highest BCUT2D eigenvalue weighted by molar-refractivity contribution is 5.95. The molecule has 2 nitrogen and oxygen atoms in total. The molecule has 0 heterocycles. The fourth-order valence-corrected chi connectivity index (χ4v) is 0.710. The van der Waals surface area contributed by atoms with Gasteiger partial charge in [-0.3, -0.25) is 4.99 Å². The van der Waals surface area contributed by atoms with Crippen LogP contribution in [-0.4, -0.2) is 19.1 Å². The Labute approximate surface area is 68.8 Å². The molecule has 0 saturated heterocycles. The second-order valence-corrected chi connectivity index (χ2v) is 3.31. The maximum Gasteiger partial charge on any atom is 0.128 e. The maximum absolute atomic E-state index is 4.14. The van der Waals surface area contributed by atoms with Crippen LogP contribution >= 0.6 is 0 Å². The Kier molecular flexibility index (Phi) is 3.72. The molecule has 0 fully saturated rings. The summed E-state index contributed by atoms with van der Waals surface area (Å²) in [6.07, 6.45) is 3.31. The quantitative estimate of drug-likeness (QED) is 0.407. The van der Waals surface area contributed by atoms with Crippen molar-refractivity contribution >= 4 is 12.1 Å². The van der Waals surface area contributed by atoms with E-state index in [-0.39, 0.29) is 5.41 Å². The van der Waals surface area contributed by atoms with Crippen molar-refractivity contribution in [2.24, 2.45) is 15.4 Å². The molecular weight excluding hydrogens is 136 g/mol. The molecule has 0 rings (SSSR count). The minimum Gasteiger partial charge on any atom is -0.273 e. The molecular formula is C9H16N2. The van der Waals surface area contributed by atoms with Crippen molar-refractivity contribution in [2.45, 2.75) is 20.8 Å². The summed E-state index contributed by atoms with van der Waals surface area (Å²) in [4.78, 5) is 8.21. The Morgan fingerprint density at radius 1 is 1.36 bits per heavy atom. The average Bonchev–Trinajstić information content (AvgIpc) is 1.87. The van der Waals surface area contributed by atoms with E-state index >= 15 is 0 Å². The van der Waals surface area contributed by atoms with Crippen LogP contribution < -0.4 is 0 Å². The summed E-state index contributed by atoms with van der Waals surface area (Å²) in [6, 6.07) is 0. The summed E-state index contributed by atoms with van der Waals surface area (Å²) in [7, 11) is 1.75. The fraction of sp³-hybridized carbons (Fsp3) is 0.556. The Balaban J connectivity index is 4.45. The van der Waals surface area contributed by atoms with Crippen LogP contribution in [0.3, 0.4) is 0 Å². The van der Waals surface area contributed by atoms with E-state index in [2.05, 4.69) is 37.3 Å². The van der Waals surface area contributed by atoms with Gasteiger partial charge in [-0.15, -0.1) is 0 Å². The monoisotopic (exact) mass is 152 g/mol. The molecule has 0 aliphatic heterocycles. The summed E-state index contributed by atoms with van der Waals surface area (Å²) in [5.41, 5.74) is 0.0221. The molecule has 11 heavy (non-hydrogen) atoms. The Morgan fingerprint density at radius 3 is 2.18 bits per heavy atom. The lowest BCUT2D eigenvalue weighted by Gasteiger charge is -2.16. The van der Waals surface area contributed by atoms with Crippen molar-refractivity contribution in [1.82, 2.24) is 0 Å². The van der Waals surface area contributed by atoms with Gasteiger partial charge in [-0.25, -0.2) is 4.99 Å². The third-order valence-corrected chi connectivity index (χ3v) is 1.18. The van der Waals surface area contributed by atoms with E-state index in [1.807, 2.05) is 0 Å². The minimum absolute atomic E-state index is 0.0221. The van der Waals surface area contributed by atoms with Crippen LogP contribution in [0.2, 0.25) is 0 Å². The first kappa shape index (κ1) is 10.1. The predicted octanol–water partition coefficient (Wildman–Crippen LogP) is 2.32. The molecule has 0 aromatic carbocycles. The zero-order valence-electron chi connectivity index (χ0n) is 7.76. The summed E-state index contributed by atoms with van der Waals surface area (Å²) in [5.74, 6) is 0.845. The van der Waals surface area contributed by atoms with Crippen molar-refractivity contribution in [3.8, 4) is 0 Å². The largest absolute Gasteiger partial charge is 0.273 e. The zero-order valence-corrected chi connectivity index (χ0v) is 7.76. The Morgan fingerprint density at radius 2 is 1.91 bits per heavy atom. The van der Waals surface area contributed by atoms with Gasteiger partial charge < -0.3 is 0 Å². The zero-order chi connectivity index (χ0) is 8.91. The first-order valence-corrected chi connectivity index (χ1v) is 3.64. The molecule has 0 bridgehead atoms. The second-order valence-electron chi connectivity index (χ2n) is 3.31. The van der Waals surface area contributed by atoms with Gasteiger partial charge in [-0.2, -0.15) is 0 Å². The van der Waals surface area contributed by atoms with Crippen LogP contribution in [-0.2, 0) is 0 Å².